The topological polar surface area (TPSA) is 66.2 Å². The summed E-state index contributed by atoms with van der Waals surface area (Å²) in [6, 6.07) is 8.13. The molecule has 3 rings (SSSR count). The first kappa shape index (κ1) is 16.6. The number of esters is 1. The number of hydrogen-bond donors (Lipinski definition) is 0. The van der Waals surface area contributed by atoms with Gasteiger partial charge in [-0.15, -0.1) is 0 Å². The van der Waals surface area contributed by atoms with E-state index in [-0.39, 0.29) is 6.61 Å². The maximum Gasteiger partial charge on any atom is 0.338 e. The molecule has 0 amide bonds. The lowest BCUT2D eigenvalue weighted by Gasteiger charge is -2.09. The number of carbonyl (C=O) groups excluding carboxylic acids is 1. The number of ether oxygens (including phenoxy) is 2. The van der Waals surface area contributed by atoms with Crippen molar-refractivity contribution in [3.05, 3.63) is 71.6 Å². The monoisotopic (exact) mass is 345 g/mol. The Morgan fingerprint density at radius 1 is 1.12 bits per heavy atom. The molecule has 0 N–H and O–H groups in total. The van der Waals surface area contributed by atoms with Gasteiger partial charge in [0, 0.05) is 12.3 Å². The Labute approximate surface area is 141 Å². The Hall–Kier alpha value is -3.29. The van der Waals surface area contributed by atoms with Crippen LogP contribution < -0.4 is 4.74 Å². The molecule has 0 aliphatic carbocycles. The van der Waals surface area contributed by atoms with E-state index in [1.807, 2.05) is 0 Å². The van der Waals surface area contributed by atoms with Gasteiger partial charge in [0.15, 0.2) is 17.5 Å². The molecule has 0 spiro atoms. The number of pyridine rings is 1. The van der Waals surface area contributed by atoms with E-state index >= 15 is 0 Å². The molecule has 0 atom stereocenters. The van der Waals surface area contributed by atoms with Crippen molar-refractivity contribution in [2.75, 3.05) is 7.11 Å². The van der Waals surface area contributed by atoms with Crippen molar-refractivity contribution in [1.82, 2.24) is 14.8 Å². The number of hydrogen-bond acceptors (Lipinski definition) is 5. The second-order valence-corrected chi connectivity index (χ2v) is 5.01. The van der Waals surface area contributed by atoms with E-state index in [1.54, 1.807) is 6.07 Å². The Bertz CT molecular complexity index is 912. The molecule has 0 saturated heterocycles. The van der Waals surface area contributed by atoms with Crippen molar-refractivity contribution in [3.63, 3.8) is 0 Å². The van der Waals surface area contributed by atoms with E-state index in [0.29, 0.717) is 22.8 Å². The highest BCUT2D eigenvalue weighted by molar-refractivity contribution is 5.89. The lowest BCUT2D eigenvalue weighted by atomic mass is 10.2. The summed E-state index contributed by atoms with van der Waals surface area (Å²) in [5.74, 6) is -1.67. The molecule has 0 radical (unpaired) electrons. The third kappa shape index (κ3) is 3.63. The normalized spacial score (nSPS) is 10.5. The van der Waals surface area contributed by atoms with E-state index in [9.17, 15) is 13.6 Å². The number of rotatable bonds is 5. The summed E-state index contributed by atoms with van der Waals surface area (Å²) in [5.41, 5.74) is 0.775. The minimum atomic E-state index is -0.943. The zero-order chi connectivity index (χ0) is 17.8. The first-order valence-corrected chi connectivity index (χ1v) is 7.24. The van der Waals surface area contributed by atoms with E-state index < -0.39 is 17.6 Å². The maximum atomic E-state index is 13.2. The Balaban J connectivity index is 1.81. The average molecular weight is 345 g/mol. The van der Waals surface area contributed by atoms with Crippen molar-refractivity contribution < 1.29 is 23.0 Å². The van der Waals surface area contributed by atoms with Crippen molar-refractivity contribution in [1.29, 1.82) is 0 Å². The number of aromatic nitrogens is 3. The number of benzene rings is 1. The summed E-state index contributed by atoms with van der Waals surface area (Å²) in [7, 11) is 1.28. The molecule has 6 nitrogen and oxygen atoms in total. The van der Waals surface area contributed by atoms with Crippen LogP contribution in [0.2, 0.25) is 0 Å². The predicted molar refractivity (Wildman–Crippen MR) is 83.4 cm³/mol. The van der Waals surface area contributed by atoms with Gasteiger partial charge in [-0.1, -0.05) is 6.07 Å². The largest absolute Gasteiger partial charge is 0.473 e. The van der Waals surface area contributed by atoms with Crippen molar-refractivity contribution in [2.24, 2.45) is 0 Å². The van der Waals surface area contributed by atoms with Gasteiger partial charge in [0.05, 0.1) is 18.9 Å². The van der Waals surface area contributed by atoms with Crippen LogP contribution in [0.4, 0.5) is 8.78 Å². The lowest BCUT2D eigenvalue weighted by molar-refractivity contribution is 0.0600. The number of carbonyl (C=O) groups is 1. The molecular weight excluding hydrogens is 332 g/mol. The molecule has 0 bridgehead atoms. The van der Waals surface area contributed by atoms with Crippen LogP contribution in [-0.2, 0) is 11.3 Å². The highest BCUT2D eigenvalue weighted by Gasteiger charge is 2.12. The molecule has 1 aromatic carbocycles. The minimum Gasteiger partial charge on any atom is -0.473 e. The van der Waals surface area contributed by atoms with E-state index in [1.165, 1.54) is 42.4 Å². The molecular formula is C17H13F2N3O3. The molecule has 2 heterocycles. The van der Waals surface area contributed by atoms with Gasteiger partial charge in [0.25, 0.3) is 0 Å². The Kier molecular flexibility index (Phi) is 4.69. The van der Waals surface area contributed by atoms with Gasteiger partial charge < -0.3 is 9.47 Å². The molecule has 0 unspecified atom stereocenters. The summed E-state index contributed by atoms with van der Waals surface area (Å²) in [6.07, 6.45) is 2.94. The molecule has 0 saturated carbocycles. The fourth-order valence-corrected chi connectivity index (χ4v) is 2.14. The van der Waals surface area contributed by atoms with E-state index in [2.05, 4.69) is 14.8 Å². The molecule has 0 aliphatic heterocycles. The van der Waals surface area contributed by atoms with Crippen LogP contribution in [0.15, 0.2) is 48.8 Å². The van der Waals surface area contributed by atoms with E-state index in [4.69, 9.17) is 4.74 Å². The van der Waals surface area contributed by atoms with Gasteiger partial charge >= 0.3 is 5.97 Å². The first-order chi connectivity index (χ1) is 12.1. The fourth-order valence-electron chi connectivity index (χ4n) is 2.14. The third-order valence-corrected chi connectivity index (χ3v) is 3.36. The number of halogens is 2. The van der Waals surface area contributed by atoms with Gasteiger partial charge in [0.2, 0.25) is 5.88 Å². The minimum absolute atomic E-state index is 0.0135. The molecule has 0 aliphatic rings. The average Bonchev–Trinajstić information content (AvgIpc) is 3.10. The quantitative estimate of drug-likeness (QED) is 0.665. The van der Waals surface area contributed by atoms with Gasteiger partial charge in [-0.25, -0.2) is 18.6 Å². The fraction of sp³-hybridized carbons (Fsp3) is 0.118. The molecule has 128 valence electrons. The van der Waals surface area contributed by atoms with Gasteiger partial charge in [0.1, 0.15) is 6.61 Å². The first-order valence-electron chi connectivity index (χ1n) is 7.24. The zero-order valence-corrected chi connectivity index (χ0v) is 13.1. The van der Waals surface area contributed by atoms with Crippen LogP contribution in [0.5, 0.6) is 5.88 Å². The smallest absolute Gasteiger partial charge is 0.338 e. The Morgan fingerprint density at radius 2 is 1.96 bits per heavy atom. The second kappa shape index (κ2) is 7.08. The van der Waals surface area contributed by atoms with Crippen LogP contribution in [0.1, 0.15) is 15.9 Å². The van der Waals surface area contributed by atoms with Crippen LogP contribution in [0, 0.1) is 11.6 Å². The lowest BCUT2D eigenvalue weighted by Crippen LogP contribution is -2.07. The zero-order valence-electron chi connectivity index (χ0n) is 13.1. The summed E-state index contributed by atoms with van der Waals surface area (Å²) in [6.45, 7) is 0.0135. The number of methoxy groups -OCH3 is 1. The van der Waals surface area contributed by atoms with Gasteiger partial charge in [-0.05, 0) is 29.8 Å². The Morgan fingerprint density at radius 3 is 2.72 bits per heavy atom. The van der Waals surface area contributed by atoms with Crippen molar-refractivity contribution >= 4 is 5.97 Å². The molecule has 3 aromatic rings. The van der Waals surface area contributed by atoms with Gasteiger partial charge in [-0.2, -0.15) is 9.78 Å². The van der Waals surface area contributed by atoms with Crippen LogP contribution in [0.3, 0.4) is 0 Å². The highest BCUT2D eigenvalue weighted by atomic mass is 19.2. The maximum absolute atomic E-state index is 13.2. The SMILES string of the molecule is COC(=O)c1ccnc(-n2nccc2OCc2ccc(F)c(F)c2)c1. The second-order valence-electron chi connectivity index (χ2n) is 5.01. The number of nitrogens with zero attached hydrogens (tertiary/aromatic N) is 3. The molecule has 2 aromatic heterocycles. The molecule has 25 heavy (non-hydrogen) atoms. The van der Waals surface area contributed by atoms with E-state index in [0.717, 1.165) is 12.1 Å². The predicted octanol–water partition coefficient (Wildman–Crippen LogP) is 2.91. The highest BCUT2D eigenvalue weighted by Crippen LogP contribution is 2.18. The van der Waals surface area contributed by atoms with Crippen LogP contribution in [0.25, 0.3) is 5.82 Å². The van der Waals surface area contributed by atoms with Crippen molar-refractivity contribution in [2.45, 2.75) is 6.61 Å². The van der Waals surface area contributed by atoms with Crippen LogP contribution >= 0.6 is 0 Å². The third-order valence-electron chi connectivity index (χ3n) is 3.36. The molecule has 8 heteroatoms. The summed E-state index contributed by atoms with van der Waals surface area (Å²) < 4.78 is 37.8. The van der Waals surface area contributed by atoms with Crippen LogP contribution in [-0.4, -0.2) is 27.8 Å². The standard InChI is InChI=1S/C17H13F2N3O3/c1-24-17(23)12-4-6-20-15(9-12)22-16(5-7-21-22)25-10-11-2-3-13(18)14(19)8-11/h2-9H,10H2,1H3. The van der Waals surface area contributed by atoms with Crippen molar-refractivity contribution in [3.8, 4) is 11.7 Å². The van der Waals surface area contributed by atoms with Gasteiger partial charge in [-0.3, -0.25) is 0 Å². The summed E-state index contributed by atoms with van der Waals surface area (Å²) >= 11 is 0. The summed E-state index contributed by atoms with van der Waals surface area (Å²) in [5, 5.41) is 4.10. The molecule has 0 fully saturated rings. The summed E-state index contributed by atoms with van der Waals surface area (Å²) in [4.78, 5) is 15.8.